The van der Waals surface area contributed by atoms with Crippen LogP contribution in [0.4, 0.5) is 0 Å². The summed E-state index contributed by atoms with van der Waals surface area (Å²) in [5, 5.41) is 4.93. The van der Waals surface area contributed by atoms with Crippen LogP contribution in [0.25, 0.3) is 0 Å². The molecule has 68 valence electrons. The molecule has 0 aliphatic rings. The molecule has 12 heavy (non-hydrogen) atoms. The Morgan fingerprint density at radius 3 is 3.08 bits per heavy atom. The van der Waals surface area contributed by atoms with Crippen molar-refractivity contribution in [2.24, 2.45) is 0 Å². The Morgan fingerprint density at radius 2 is 2.50 bits per heavy atom. The van der Waals surface area contributed by atoms with E-state index in [4.69, 9.17) is 11.6 Å². The van der Waals surface area contributed by atoms with Gasteiger partial charge in [-0.25, -0.2) is 0 Å². The molecule has 1 aromatic heterocycles. The van der Waals surface area contributed by atoms with Crippen LogP contribution in [0.15, 0.2) is 16.8 Å². The van der Waals surface area contributed by atoms with Crippen molar-refractivity contribution in [1.29, 1.82) is 0 Å². The van der Waals surface area contributed by atoms with Crippen LogP contribution in [0.3, 0.4) is 0 Å². The molecule has 0 radical (unpaired) electrons. The van der Waals surface area contributed by atoms with Crippen molar-refractivity contribution in [2.45, 2.75) is 18.6 Å². The Hall–Kier alpha value is 0.340. The third-order valence-corrected chi connectivity index (χ3v) is 4.14. The quantitative estimate of drug-likeness (QED) is 0.683. The van der Waals surface area contributed by atoms with Crippen LogP contribution in [-0.2, 0) is 6.42 Å². The summed E-state index contributed by atoms with van der Waals surface area (Å²) < 4.78 is 0. The van der Waals surface area contributed by atoms with E-state index in [-0.39, 0.29) is 0 Å². The lowest BCUT2D eigenvalue weighted by Crippen LogP contribution is -1.99. The van der Waals surface area contributed by atoms with Gasteiger partial charge in [-0.05, 0) is 34.6 Å². The fourth-order valence-corrected chi connectivity index (χ4v) is 2.67. The van der Waals surface area contributed by atoms with E-state index in [1.54, 1.807) is 11.3 Å². The second-order valence-corrected chi connectivity index (χ2v) is 5.35. The number of thiophene rings is 1. The van der Waals surface area contributed by atoms with Crippen molar-refractivity contribution in [3.05, 3.63) is 22.4 Å². The minimum atomic E-state index is 0.588. The second-order valence-electron chi connectivity index (χ2n) is 2.72. The molecule has 0 bridgehead atoms. The Bertz CT molecular complexity index is 196. The molecule has 1 unspecified atom stereocenters. The van der Waals surface area contributed by atoms with Gasteiger partial charge in [0.05, 0.1) is 0 Å². The summed E-state index contributed by atoms with van der Waals surface area (Å²) in [5.41, 5.74) is 1.45. The van der Waals surface area contributed by atoms with Crippen LogP contribution in [0, 0.1) is 0 Å². The number of alkyl halides is 1. The van der Waals surface area contributed by atoms with Crippen molar-refractivity contribution >= 4 is 34.7 Å². The highest BCUT2D eigenvalue weighted by Gasteiger charge is 2.00. The fraction of sp³-hybridized carbons (Fsp3) is 0.556. The lowest BCUT2D eigenvalue weighted by molar-refractivity contribution is 1.10. The number of rotatable bonds is 5. The maximum absolute atomic E-state index is 5.69. The van der Waals surface area contributed by atoms with Crippen molar-refractivity contribution in [2.75, 3.05) is 11.6 Å². The first-order chi connectivity index (χ1) is 5.83. The molecule has 0 aliphatic carbocycles. The van der Waals surface area contributed by atoms with E-state index in [9.17, 15) is 0 Å². The molecule has 0 nitrogen and oxygen atoms in total. The molecule has 1 aromatic rings. The first-order valence-electron chi connectivity index (χ1n) is 4.01. The summed E-state index contributed by atoms with van der Waals surface area (Å²) in [6, 6.07) is 2.19. The molecule has 0 amide bonds. The van der Waals surface area contributed by atoms with Crippen molar-refractivity contribution in [1.82, 2.24) is 0 Å². The first kappa shape index (κ1) is 10.4. The molecule has 0 saturated carbocycles. The summed E-state index contributed by atoms with van der Waals surface area (Å²) in [4.78, 5) is 0. The van der Waals surface area contributed by atoms with E-state index in [2.05, 4.69) is 23.8 Å². The van der Waals surface area contributed by atoms with Crippen LogP contribution in [0.1, 0.15) is 12.5 Å². The molecular formula is C9H13ClS2. The highest BCUT2D eigenvalue weighted by molar-refractivity contribution is 7.99. The summed E-state index contributed by atoms with van der Waals surface area (Å²) in [7, 11) is 0. The third kappa shape index (κ3) is 3.83. The average Bonchev–Trinajstić information content (AvgIpc) is 2.57. The summed E-state index contributed by atoms with van der Waals surface area (Å²) >= 11 is 9.41. The zero-order chi connectivity index (χ0) is 8.81. The molecule has 0 aromatic carbocycles. The highest BCUT2D eigenvalue weighted by atomic mass is 35.5. The van der Waals surface area contributed by atoms with Gasteiger partial charge >= 0.3 is 0 Å². The monoisotopic (exact) mass is 220 g/mol. The second kappa shape index (κ2) is 5.90. The molecule has 0 aliphatic heterocycles. The molecular weight excluding hydrogens is 208 g/mol. The van der Waals surface area contributed by atoms with Crippen LogP contribution < -0.4 is 0 Å². The summed E-state index contributed by atoms with van der Waals surface area (Å²) in [5.74, 6) is 1.94. The maximum Gasteiger partial charge on any atom is 0.0339 e. The molecule has 1 rings (SSSR count). The number of hydrogen-bond donors (Lipinski definition) is 0. The molecule has 0 N–H and O–H groups in total. The van der Waals surface area contributed by atoms with E-state index >= 15 is 0 Å². The topological polar surface area (TPSA) is 0 Å². The van der Waals surface area contributed by atoms with Gasteiger partial charge in [0.25, 0.3) is 0 Å². The van der Waals surface area contributed by atoms with Crippen molar-refractivity contribution < 1.29 is 0 Å². The van der Waals surface area contributed by atoms with Crippen LogP contribution >= 0.6 is 34.7 Å². The smallest absolute Gasteiger partial charge is 0.0339 e. The van der Waals surface area contributed by atoms with Crippen molar-refractivity contribution in [3.8, 4) is 0 Å². The largest absolute Gasteiger partial charge is 0.157 e. The van der Waals surface area contributed by atoms with Gasteiger partial charge in [0, 0.05) is 11.1 Å². The van der Waals surface area contributed by atoms with Gasteiger partial charge in [-0.3, -0.25) is 0 Å². The fourth-order valence-electron chi connectivity index (χ4n) is 0.857. The lowest BCUT2D eigenvalue weighted by Gasteiger charge is -2.05. The van der Waals surface area contributed by atoms with E-state index in [1.165, 1.54) is 17.7 Å². The zero-order valence-electron chi connectivity index (χ0n) is 7.13. The molecule has 1 atom stereocenters. The Kier molecular flexibility index (Phi) is 5.12. The summed E-state index contributed by atoms with van der Waals surface area (Å²) in [6.07, 6.45) is 1.18. The van der Waals surface area contributed by atoms with Crippen LogP contribution in [0.2, 0.25) is 0 Å². The average molecular weight is 221 g/mol. The summed E-state index contributed by atoms with van der Waals surface area (Å²) in [6.45, 7) is 2.17. The molecule has 0 spiro atoms. The third-order valence-electron chi connectivity index (χ3n) is 1.59. The van der Waals surface area contributed by atoms with E-state index in [1.807, 2.05) is 11.8 Å². The predicted molar refractivity (Wildman–Crippen MR) is 60.7 cm³/mol. The lowest BCUT2D eigenvalue weighted by atomic mass is 10.3. The molecule has 0 saturated heterocycles. The standard InChI is InChI=1S/C9H13ClS2/c1-8(6-10)12-5-3-9-2-4-11-7-9/h2,4,7-8H,3,5-6H2,1H3. The Morgan fingerprint density at radius 1 is 1.67 bits per heavy atom. The van der Waals surface area contributed by atoms with Gasteiger partial charge in [-0.2, -0.15) is 23.1 Å². The van der Waals surface area contributed by atoms with E-state index in [0.29, 0.717) is 5.25 Å². The maximum atomic E-state index is 5.69. The van der Waals surface area contributed by atoms with Gasteiger partial charge < -0.3 is 0 Å². The highest BCUT2D eigenvalue weighted by Crippen LogP contribution is 2.15. The zero-order valence-corrected chi connectivity index (χ0v) is 9.51. The Labute approximate surface area is 87.3 Å². The van der Waals surface area contributed by atoms with Crippen LogP contribution in [-0.4, -0.2) is 16.9 Å². The van der Waals surface area contributed by atoms with Gasteiger partial charge in [0.1, 0.15) is 0 Å². The Balaban J connectivity index is 2.11. The number of thioether (sulfide) groups is 1. The number of halogens is 1. The minimum absolute atomic E-state index is 0.588. The van der Waals surface area contributed by atoms with Gasteiger partial charge in [-0.1, -0.05) is 6.92 Å². The minimum Gasteiger partial charge on any atom is -0.157 e. The van der Waals surface area contributed by atoms with Gasteiger partial charge in [0.15, 0.2) is 0 Å². The van der Waals surface area contributed by atoms with E-state index < -0.39 is 0 Å². The predicted octanol–water partition coefficient (Wildman–Crippen LogP) is 3.65. The number of hydrogen-bond acceptors (Lipinski definition) is 2. The number of aryl methyl sites for hydroxylation is 1. The SMILES string of the molecule is CC(CCl)SCCc1ccsc1. The van der Waals surface area contributed by atoms with Crippen LogP contribution in [0.5, 0.6) is 0 Å². The molecule has 1 heterocycles. The van der Waals surface area contributed by atoms with E-state index in [0.717, 1.165) is 5.88 Å². The molecule has 3 heteroatoms. The normalized spacial score (nSPS) is 13.2. The van der Waals surface area contributed by atoms with Crippen molar-refractivity contribution in [3.63, 3.8) is 0 Å². The first-order valence-corrected chi connectivity index (χ1v) is 6.54. The molecule has 0 fully saturated rings. The van der Waals surface area contributed by atoms with Gasteiger partial charge in [-0.15, -0.1) is 11.6 Å². The van der Waals surface area contributed by atoms with Gasteiger partial charge in [0.2, 0.25) is 0 Å².